The molecule has 0 bridgehead atoms. The fourth-order valence-corrected chi connectivity index (χ4v) is 1.42. The van der Waals surface area contributed by atoms with E-state index in [-0.39, 0.29) is 11.9 Å². The molecule has 1 unspecified atom stereocenters. The second-order valence-electron chi connectivity index (χ2n) is 3.88. The van der Waals surface area contributed by atoms with Crippen LogP contribution < -0.4 is 4.74 Å². The summed E-state index contributed by atoms with van der Waals surface area (Å²) in [6, 6.07) is 7.71. The monoisotopic (exact) mass is 222 g/mol. The molecule has 1 aromatic rings. The summed E-state index contributed by atoms with van der Waals surface area (Å²) in [5.74, 6) is 0.989. The number of ketones is 1. The normalized spacial score (nSPS) is 12.2. The Bertz CT molecular complexity index is 330. The van der Waals surface area contributed by atoms with Crippen molar-refractivity contribution >= 4 is 5.78 Å². The van der Waals surface area contributed by atoms with Crippen molar-refractivity contribution in [2.24, 2.45) is 0 Å². The predicted molar refractivity (Wildman–Crippen MR) is 62.5 cm³/mol. The summed E-state index contributed by atoms with van der Waals surface area (Å²) >= 11 is 0. The van der Waals surface area contributed by atoms with Gasteiger partial charge in [0.25, 0.3) is 0 Å². The summed E-state index contributed by atoms with van der Waals surface area (Å²) in [4.78, 5) is 10.9. The Hall–Kier alpha value is -1.35. The number of rotatable bonds is 6. The van der Waals surface area contributed by atoms with Crippen LogP contribution in [0, 0.1) is 0 Å². The van der Waals surface area contributed by atoms with Crippen molar-refractivity contribution in [3.05, 3.63) is 29.8 Å². The summed E-state index contributed by atoms with van der Waals surface area (Å²) < 4.78 is 10.6. The summed E-state index contributed by atoms with van der Waals surface area (Å²) in [6.45, 7) is 4.01. The van der Waals surface area contributed by atoms with Gasteiger partial charge in [0.1, 0.15) is 11.5 Å². The van der Waals surface area contributed by atoms with Gasteiger partial charge in [-0.05, 0) is 31.5 Å². The molecular weight excluding hydrogens is 204 g/mol. The van der Waals surface area contributed by atoms with Crippen molar-refractivity contribution in [1.29, 1.82) is 0 Å². The van der Waals surface area contributed by atoms with E-state index in [0.29, 0.717) is 13.0 Å². The number of hydrogen-bond donors (Lipinski definition) is 0. The van der Waals surface area contributed by atoms with E-state index in [9.17, 15) is 4.79 Å². The van der Waals surface area contributed by atoms with Gasteiger partial charge in [-0.15, -0.1) is 0 Å². The minimum atomic E-state index is -0.0281. The van der Waals surface area contributed by atoms with Gasteiger partial charge >= 0.3 is 0 Å². The molecule has 0 aliphatic heterocycles. The molecule has 1 atom stereocenters. The summed E-state index contributed by atoms with van der Waals surface area (Å²) in [5, 5.41) is 0. The maximum Gasteiger partial charge on any atom is 0.132 e. The highest BCUT2D eigenvalue weighted by Crippen LogP contribution is 2.13. The van der Waals surface area contributed by atoms with E-state index in [1.54, 1.807) is 14.0 Å². The molecule has 0 amide bonds. The molecule has 0 saturated heterocycles. The zero-order valence-electron chi connectivity index (χ0n) is 10.0. The van der Waals surface area contributed by atoms with Crippen molar-refractivity contribution in [3.63, 3.8) is 0 Å². The SMILES string of the molecule is COc1ccc(COC(C)CC(C)=O)cc1. The molecule has 0 saturated carbocycles. The van der Waals surface area contributed by atoms with Gasteiger partial charge in [-0.25, -0.2) is 0 Å². The predicted octanol–water partition coefficient (Wildman–Crippen LogP) is 2.58. The second-order valence-corrected chi connectivity index (χ2v) is 3.88. The molecule has 1 rings (SSSR count). The van der Waals surface area contributed by atoms with Crippen molar-refractivity contribution in [2.45, 2.75) is 33.0 Å². The van der Waals surface area contributed by atoms with Crippen LogP contribution in [0.15, 0.2) is 24.3 Å². The van der Waals surface area contributed by atoms with Crippen LogP contribution in [0.1, 0.15) is 25.8 Å². The van der Waals surface area contributed by atoms with Crippen LogP contribution in [0.25, 0.3) is 0 Å². The Morgan fingerprint density at radius 3 is 2.44 bits per heavy atom. The average Bonchev–Trinajstić information content (AvgIpc) is 2.26. The van der Waals surface area contributed by atoms with E-state index in [0.717, 1.165) is 11.3 Å². The Labute approximate surface area is 96.4 Å². The molecule has 0 heterocycles. The summed E-state index contributed by atoms with van der Waals surface area (Å²) in [6.07, 6.45) is 0.440. The van der Waals surface area contributed by atoms with Gasteiger partial charge in [-0.2, -0.15) is 0 Å². The zero-order valence-corrected chi connectivity index (χ0v) is 10.0. The van der Waals surface area contributed by atoms with Gasteiger partial charge in [0, 0.05) is 6.42 Å². The van der Waals surface area contributed by atoms with E-state index in [1.165, 1.54) is 0 Å². The molecule has 16 heavy (non-hydrogen) atoms. The fourth-order valence-electron chi connectivity index (χ4n) is 1.42. The number of benzene rings is 1. The van der Waals surface area contributed by atoms with Crippen molar-refractivity contribution in [2.75, 3.05) is 7.11 Å². The van der Waals surface area contributed by atoms with Crippen LogP contribution in [0.5, 0.6) is 5.75 Å². The number of carbonyl (C=O) groups is 1. The lowest BCUT2D eigenvalue weighted by Gasteiger charge is -2.11. The van der Waals surface area contributed by atoms with Crippen molar-refractivity contribution < 1.29 is 14.3 Å². The number of Topliss-reactive ketones (excluding diaryl/α,β-unsaturated/α-hetero) is 1. The van der Waals surface area contributed by atoms with Gasteiger partial charge < -0.3 is 9.47 Å². The van der Waals surface area contributed by atoms with Crippen LogP contribution in [-0.4, -0.2) is 19.0 Å². The second kappa shape index (κ2) is 6.28. The molecule has 0 fully saturated rings. The van der Waals surface area contributed by atoms with Crippen LogP contribution in [-0.2, 0) is 16.1 Å². The molecule has 1 aromatic carbocycles. The first kappa shape index (κ1) is 12.7. The molecule has 0 N–H and O–H groups in total. The standard InChI is InChI=1S/C13H18O3/c1-10(14)8-11(2)16-9-12-4-6-13(15-3)7-5-12/h4-7,11H,8-9H2,1-3H3. The lowest BCUT2D eigenvalue weighted by Crippen LogP contribution is -2.12. The molecule has 0 aromatic heterocycles. The highest BCUT2D eigenvalue weighted by molar-refractivity contribution is 5.75. The Morgan fingerprint density at radius 2 is 1.94 bits per heavy atom. The molecule has 0 radical (unpaired) electrons. The average molecular weight is 222 g/mol. The maximum absolute atomic E-state index is 10.9. The lowest BCUT2D eigenvalue weighted by molar-refractivity contribution is -0.119. The molecule has 3 nitrogen and oxygen atoms in total. The van der Waals surface area contributed by atoms with Gasteiger partial charge in [0.15, 0.2) is 0 Å². The van der Waals surface area contributed by atoms with Crippen molar-refractivity contribution in [1.82, 2.24) is 0 Å². The van der Waals surface area contributed by atoms with Crippen LogP contribution in [0.3, 0.4) is 0 Å². The first-order valence-electron chi connectivity index (χ1n) is 5.35. The molecule has 0 aliphatic carbocycles. The third kappa shape index (κ3) is 4.45. The third-order valence-corrected chi connectivity index (χ3v) is 2.27. The minimum Gasteiger partial charge on any atom is -0.497 e. The Kier molecular flexibility index (Phi) is 4.99. The van der Waals surface area contributed by atoms with Crippen LogP contribution >= 0.6 is 0 Å². The zero-order chi connectivity index (χ0) is 12.0. The fraction of sp³-hybridized carbons (Fsp3) is 0.462. The molecule has 88 valence electrons. The third-order valence-electron chi connectivity index (χ3n) is 2.27. The number of carbonyl (C=O) groups excluding carboxylic acids is 1. The lowest BCUT2D eigenvalue weighted by atomic mass is 10.2. The number of ether oxygens (including phenoxy) is 2. The summed E-state index contributed by atoms with van der Waals surface area (Å²) in [7, 11) is 1.64. The van der Waals surface area contributed by atoms with Crippen molar-refractivity contribution in [3.8, 4) is 5.75 Å². The molecule has 0 spiro atoms. The maximum atomic E-state index is 10.9. The Balaban J connectivity index is 2.39. The smallest absolute Gasteiger partial charge is 0.132 e. The van der Waals surface area contributed by atoms with Gasteiger partial charge in [-0.1, -0.05) is 12.1 Å². The van der Waals surface area contributed by atoms with Gasteiger partial charge in [-0.3, -0.25) is 4.79 Å². The quantitative estimate of drug-likeness (QED) is 0.742. The van der Waals surface area contributed by atoms with E-state index >= 15 is 0 Å². The molecule has 0 aliphatic rings. The minimum absolute atomic E-state index is 0.0281. The van der Waals surface area contributed by atoms with Crippen LogP contribution in [0.4, 0.5) is 0 Å². The highest BCUT2D eigenvalue weighted by Gasteiger charge is 2.05. The van der Waals surface area contributed by atoms with Gasteiger partial charge in [0.05, 0.1) is 19.8 Å². The highest BCUT2D eigenvalue weighted by atomic mass is 16.5. The molecule has 3 heteroatoms. The first-order valence-corrected chi connectivity index (χ1v) is 5.35. The Morgan fingerprint density at radius 1 is 1.31 bits per heavy atom. The van der Waals surface area contributed by atoms with Gasteiger partial charge in [0.2, 0.25) is 0 Å². The van der Waals surface area contributed by atoms with E-state index < -0.39 is 0 Å². The summed E-state index contributed by atoms with van der Waals surface area (Å²) in [5.41, 5.74) is 1.08. The number of methoxy groups -OCH3 is 1. The van der Waals surface area contributed by atoms with E-state index in [4.69, 9.17) is 9.47 Å². The van der Waals surface area contributed by atoms with E-state index in [2.05, 4.69) is 0 Å². The topological polar surface area (TPSA) is 35.5 Å². The van der Waals surface area contributed by atoms with E-state index in [1.807, 2.05) is 31.2 Å². The molecular formula is C13H18O3. The number of hydrogen-bond acceptors (Lipinski definition) is 3. The first-order chi connectivity index (χ1) is 7.61. The largest absolute Gasteiger partial charge is 0.497 e. The van der Waals surface area contributed by atoms with Crippen LogP contribution in [0.2, 0.25) is 0 Å².